The number of benzene rings is 2. The van der Waals surface area contributed by atoms with E-state index >= 15 is 0 Å². The minimum absolute atomic E-state index is 0.0534. The molecule has 0 spiro atoms. The molecule has 1 aliphatic heterocycles. The van der Waals surface area contributed by atoms with Crippen LogP contribution in [0.25, 0.3) is 17.4 Å². The summed E-state index contributed by atoms with van der Waals surface area (Å²) in [4.78, 5) is 35.2. The van der Waals surface area contributed by atoms with Crippen LogP contribution in [0, 0.1) is 20.2 Å². The molecule has 1 aliphatic rings. The van der Waals surface area contributed by atoms with Gasteiger partial charge in [-0.3, -0.25) is 29.9 Å². The van der Waals surface area contributed by atoms with Gasteiger partial charge in [0.25, 0.3) is 17.3 Å². The molecule has 0 N–H and O–H groups in total. The lowest BCUT2D eigenvalue weighted by Gasteiger charge is -2.13. The monoisotopic (exact) mass is 531 g/mol. The summed E-state index contributed by atoms with van der Waals surface area (Å²) in [7, 11) is 0. The van der Waals surface area contributed by atoms with Gasteiger partial charge in [-0.15, -0.1) is 0 Å². The topological polar surface area (TPSA) is 120 Å². The molecule has 2 heterocycles. The van der Waals surface area contributed by atoms with Crippen LogP contribution in [-0.4, -0.2) is 20.1 Å². The van der Waals surface area contributed by atoms with Crippen molar-refractivity contribution < 1.29 is 19.1 Å². The van der Waals surface area contributed by atoms with E-state index in [-0.39, 0.29) is 17.3 Å². The van der Waals surface area contributed by atoms with Crippen LogP contribution < -0.4 is 4.90 Å². The molecule has 1 aromatic heterocycles. The largest absolute Gasteiger partial charge is 0.457 e. The molecule has 32 heavy (non-hydrogen) atoms. The number of nitrogens with zero attached hydrogens (tertiary/aromatic N) is 3. The average molecular weight is 532 g/mol. The first kappa shape index (κ1) is 21.9. The molecular formula is C20H10BrN3O6S2. The second-order valence-electron chi connectivity index (χ2n) is 6.41. The number of carbonyl (C=O) groups is 1. The zero-order chi connectivity index (χ0) is 23.0. The van der Waals surface area contributed by atoms with Gasteiger partial charge in [-0.2, -0.15) is 0 Å². The Morgan fingerprint density at radius 3 is 2.28 bits per heavy atom. The summed E-state index contributed by atoms with van der Waals surface area (Å²) in [6.07, 6.45) is 1.55. The van der Waals surface area contributed by atoms with Gasteiger partial charge in [0, 0.05) is 40.4 Å². The number of thiocarbonyl (C=S) groups is 1. The molecule has 2 aromatic carbocycles. The molecule has 9 nitrogen and oxygen atoms in total. The number of hydrogen-bond donors (Lipinski definition) is 0. The van der Waals surface area contributed by atoms with E-state index < -0.39 is 9.85 Å². The van der Waals surface area contributed by atoms with E-state index in [9.17, 15) is 25.0 Å². The van der Waals surface area contributed by atoms with Crippen molar-refractivity contribution in [2.24, 2.45) is 0 Å². The van der Waals surface area contributed by atoms with Gasteiger partial charge in [0.05, 0.1) is 20.4 Å². The van der Waals surface area contributed by atoms with Crippen LogP contribution in [0.2, 0.25) is 0 Å². The summed E-state index contributed by atoms with van der Waals surface area (Å²) in [6, 6.07) is 13.2. The maximum atomic E-state index is 12.9. The predicted octanol–water partition coefficient (Wildman–Crippen LogP) is 5.93. The second-order valence-corrected chi connectivity index (χ2v) is 8.94. The van der Waals surface area contributed by atoms with Gasteiger partial charge in [-0.1, -0.05) is 24.0 Å². The highest BCUT2D eigenvalue weighted by Crippen LogP contribution is 2.38. The number of nitro benzene ring substituents is 2. The standard InChI is InChI=1S/C20H10BrN3O6S2/c21-16-9-13(24(28)29)5-7-15(16)17-8-6-14(30-17)10-18-19(25)22(20(31)32-18)11-1-3-12(4-2-11)23(26)27/h1-10H. The lowest BCUT2D eigenvalue weighted by molar-refractivity contribution is -0.385. The van der Waals surface area contributed by atoms with Gasteiger partial charge in [-0.05, 0) is 46.3 Å². The van der Waals surface area contributed by atoms with Crippen LogP contribution in [0.5, 0.6) is 0 Å². The van der Waals surface area contributed by atoms with Gasteiger partial charge >= 0.3 is 0 Å². The van der Waals surface area contributed by atoms with E-state index in [2.05, 4.69) is 15.9 Å². The minimum Gasteiger partial charge on any atom is -0.457 e. The first-order valence-electron chi connectivity index (χ1n) is 8.81. The second kappa shape index (κ2) is 8.65. The molecule has 0 radical (unpaired) electrons. The Morgan fingerprint density at radius 2 is 1.66 bits per heavy atom. The molecule has 0 aliphatic carbocycles. The van der Waals surface area contributed by atoms with Crippen molar-refractivity contribution >= 4 is 73.3 Å². The summed E-state index contributed by atoms with van der Waals surface area (Å²) < 4.78 is 6.59. The van der Waals surface area contributed by atoms with Crippen molar-refractivity contribution in [3.63, 3.8) is 0 Å². The van der Waals surface area contributed by atoms with E-state index in [4.69, 9.17) is 16.6 Å². The molecule has 1 amide bonds. The Labute approximate surface area is 198 Å². The Bertz CT molecular complexity index is 1320. The first-order valence-corrected chi connectivity index (χ1v) is 10.8. The summed E-state index contributed by atoms with van der Waals surface area (Å²) in [5, 5.41) is 21.7. The molecule has 12 heteroatoms. The first-order chi connectivity index (χ1) is 15.2. The van der Waals surface area contributed by atoms with Crippen LogP contribution in [0.3, 0.4) is 0 Å². The van der Waals surface area contributed by atoms with Gasteiger partial charge in [-0.25, -0.2) is 0 Å². The van der Waals surface area contributed by atoms with Crippen LogP contribution in [0.4, 0.5) is 17.1 Å². The van der Waals surface area contributed by atoms with Crippen molar-refractivity contribution in [3.8, 4) is 11.3 Å². The van der Waals surface area contributed by atoms with Gasteiger partial charge in [0.1, 0.15) is 11.5 Å². The number of nitro groups is 2. The molecule has 0 bridgehead atoms. The van der Waals surface area contributed by atoms with Crippen LogP contribution in [0.15, 0.2) is 68.4 Å². The Hall–Kier alpha value is -3.35. The molecule has 1 saturated heterocycles. The molecule has 0 atom stereocenters. The van der Waals surface area contributed by atoms with Crippen molar-refractivity contribution in [1.82, 2.24) is 0 Å². The number of carbonyl (C=O) groups excluding carboxylic acids is 1. The minimum atomic E-state index is -0.522. The average Bonchev–Trinajstić information content (AvgIpc) is 3.32. The highest BCUT2D eigenvalue weighted by Gasteiger charge is 2.33. The summed E-state index contributed by atoms with van der Waals surface area (Å²) >= 11 is 9.71. The molecular weight excluding hydrogens is 522 g/mol. The normalized spacial score (nSPS) is 14.9. The number of furan rings is 1. The summed E-state index contributed by atoms with van der Waals surface area (Å²) in [6.45, 7) is 0. The fourth-order valence-corrected chi connectivity index (χ4v) is 4.78. The lowest BCUT2D eigenvalue weighted by atomic mass is 10.1. The Balaban J connectivity index is 1.58. The number of rotatable bonds is 5. The Kier molecular flexibility index (Phi) is 5.91. The molecule has 0 saturated carbocycles. The Morgan fingerprint density at radius 1 is 1.00 bits per heavy atom. The molecule has 3 aromatic rings. The van der Waals surface area contributed by atoms with E-state index in [1.807, 2.05) is 0 Å². The fourth-order valence-electron chi connectivity index (χ4n) is 2.94. The maximum Gasteiger partial charge on any atom is 0.270 e. The number of halogens is 1. The smallest absolute Gasteiger partial charge is 0.270 e. The van der Waals surface area contributed by atoms with Gasteiger partial charge in [0.15, 0.2) is 4.32 Å². The van der Waals surface area contributed by atoms with E-state index in [1.54, 1.807) is 24.3 Å². The summed E-state index contributed by atoms with van der Waals surface area (Å²) in [5.41, 5.74) is 0.905. The molecule has 4 rings (SSSR count). The van der Waals surface area contributed by atoms with E-state index in [0.29, 0.717) is 36.5 Å². The highest BCUT2D eigenvalue weighted by molar-refractivity contribution is 9.10. The number of anilines is 1. The van der Waals surface area contributed by atoms with E-state index in [0.717, 1.165) is 11.8 Å². The zero-order valence-electron chi connectivity index (χ0n) is 15.8. The van der Waals surface area contributed by atoms with Crippen molar-refractivity contribution in [2.45, 2.75) is 0 Å². The number of amides is 1. The van der Waals surface area contributed by atoms with Crippen molar-refractivity contribution in [3.05, 3.63) is 90.0 Å². The summed E-state index contributed by atoms with van der Waals surface area (Å²) in [5.74, 6) is 0.488. The third-order valence-electron chi connectivity index (χ3n) is 4.44. The van der Waals surface area contributed by atoms with Gasteiger partial charge < -0.3 is 4.42 Å². The van der Waals surface area contributed by atoms with Crippen LogP contribution in [0.1, 0.15) is 5.76 Å². The van der Waals surface area contributed by atoms with E-state index in [1.165, 1.54) is 41.3 Å². The molecule has 0 unspecified atom stereocenters. The SMILES string of the molecule is O=C1C(=Cc2ccc(-c3ccc([N+](=O)[O-])cc3Br)o2)SC(=S)N1c1ccc([N+](=O)[O-])cc1. The number of hydrogen-bond acceptors (Lipinski definition) is 8. The number of non-ortho nitro benzene ring substituents is 2. The van der Waals surface area contributed by atoms with Crippen molar-refractivity contribution in [1.29, 1.82) is 0 Å². The van der Waals surface area contributed by atoms with Gasteiger partial charge in [0.2, 0.25) is 0 Å². The zero-order valence-corrected chi connectivity index (χ0v) is 19.0. The van der Waals surface area contributed by atoms with Crippen molar-refractivity contribution in [2.75, 3.05) is 4.90 Å². The highest BCUT2D eigenvalue weighted by atomic mass is 79.9. The maximum absolute atomic E-state index is 12.9. The quantitative estimate of drug-likeness (QED) is 0.172. The molecule has 160 valence electrons. The lowest BCUT2D eigenvalue weighted by Crippen LogP contribution is -2.27. The third-order valence-corrected chi connectivity index (χ3v) is 6.40. The molecule has 1 fully saturated rings. The van der Waals surface area contributed by atoms with Crippen LogP contribution in [-0.2, 0) is 4.79 Å². The predicted molar refractivity (Wildman–Crippen MR) is 127 cm³/mol. The number of thioether (sulfide) groups is 1. The fraction of sp³-hybridized carbons (Fsp3) is 0. The third kappa shape index (κ3) is 4.20. The van der Waals surface area contributed by atoms with Crippen LogP contribution >= 0.6 is 39.9 Å².